The maximum Gasteiger partial charge on any atom is 0.163 e. The third kappa shape index (κ3) is 1.84. The van der Waals surface area contributed by atoms with Crippen LogP contribution in [0.4, 0.5) is 0 Å². The Hall–Kier alpha value is -1.94. The zero-order chi connectivity index (χ0) is 12.5. The first kappa shape index (κ1) is 11.2. The molecule has 0 saturated carbocycles. The van der Waals surface area contributed by atoms with Crippen molar-refractivity contribution in [2.75, 3.05) is 7.11 Å². The van der Waals surface area contributed by atoms with Crippen LogP contribution in [0.2, 0.25) is 0 Å². The fourth-order valence-corrected chi connectivity index (χ4v) is 2.17. The second kappa shape index (κ2) is 4.38. The van der Waals surface area contributed by atoms with Gasteiger partial charge in [0.1, 0.15) is 5.75 Å². The standard InChI is InChI=1S/C14H15N3O/c1-9-3-4-11(13(5-9)18-2)14-16-7-10-6-15-8-12(10)17-14/h3-5,7,15H,6,8H2,1-2H3. The van der Waals surface area contributed by atoms with Crippen LogP contribution in [-0.4, -0.2) is 17.1 Å². The van der Waals surface area contributed by atoms with Crippen molar-refractivity contribution in [3.05, 3.63) is 41.2 Å². The SMILES string of the molecule is COc1cc(C)ccc1-c1ncc2c(n1)CNC2. The van der Waals surface area contributed by atoms with Gasteiger partial charge in [-0.15, -0.1) is 0 Å². The lowest BCUT2D eigenvalue weighted by molar-refractivity contribution is 0.416. The van der Waals surface area contributed by atoms with Gasteiger partial charge in [0, 0.05) is 24.8 Å². The minimum absolute atomic E-state index is 0.731. The van der Waals surface area contributed by atoms with E-state index < -0.39 is 0 Å². The Morgan fingerprint density at radius 1 is 1.28 bits per heavy atom. The normalized spacial score (nSPS) is 13.4. The third-order valence-electron chi connectivity index (χ3n) is 3.16. The Bertz CT molecular complexity index is 596. The van der Waals surface area contributed by atoms with Crippen LogP contribution in [0, 0.1) is 6.92 Å². The first-order valence-corrected chi connectivity index (χ1v) is 5.98. The number of nitrogens with zero attached hydrogens (tertiary/aromatic N) is 2. The lowest BCUT2D eigenvalue weighted by Gasteiger charge is -2.09. The predicted octanol–water partition coefficient (Wildman–Crippen LogP) is 2.06. The second-order valence-corrected chi connectivity index (χ2v) is 4.47. The summed E-state index contributed by atoms with van der Waals surface area (Å²) in [5.41, 5.74) is 4.38. The lowest BCUT2D eigenvalue weighted by Crippen LogP contribution is -2.00. The number of ether oxygens (including phenoxy) is 1. The number of aromatic nitrogens is 2. The predicted molar refractivity (Wildman–Crippen MR) is 69.3 cm³/mol. The Morgan fingerprint density at radius 2 is 2.17 bits per heavy atom. The molecule has 2 aromatic rings. The molecule has 1 N–H and O–H groups in total. The first-order valence-electron chi connectivity index (χ1n) is 5.98. The van der Waals surface area contributed by atoms with Gasteiger partial charge in [-0.2, -0.15) is 0 Å². The average Bonchev–Trinajstić information content (AvgIpc) is 2.85. The number of benzene rings is 1. The van der Waals surface area contributed by atoms with Crippen LogP contribution in [0.5, 0.6) is 5.75 Å². The van der Waals surface area contributed by atoms with Gasteiger partial charge in [-0.05, 0) is 24.6 Å². The molecule has 1 aliphatic rings. The molecule has 0 spiro atoms. The van der Waals surface area contributed by atoms with Gasteiger partial charge >= 0.3 is 0 Å². The van der Waals surface area contributed by atoms with E-state index in [1.807, 2.05) is 31.3 Å². The largest absolute Gasteiger partial charge is 0.496 e. The molecule has 1 aromatic heterocycles. The Balaban J connectivity index is 2.09. The van der Waals surface area contributed by atoms with E-state index in [9.17, 15) is 0 Å². The van der Waals surface area contributed by atoms with E-state index in [-0.39, 0.29) is 0 Å². The zero-order valence-electron chi connectivity index (χ0n) is 10.5. The summed E-state index contributed by atoms with van der Waals surface area (Å²) < 4.78 is 5.40. The van der Waals surface area contributed by atoms with Crippen LogP contribution >= 0.6 is 0 Å². The van der Waals surface area contributed by atoms with Gasteiger partial charge in [-0.25, -0.2) is 9.97 Å². The summed E-state index contributed by atoms with van der Waals surface area (Å²) in [5.74, 6) is 1.55. The molecule has 0 atom stereocenters. The number of rotatable bonds is 2. The molecule has 0 bridgehead atoms. The van der Waals surface area contributed by atoms with Gasteiger partial charge < -0.3 is 10.1 Å². The van der Waals surface area contributed by atoms with E-state index in [1.165, 1.54) is 11.1 Å². The number of methoxy groups -OCH3 is 1. The molecule has 1 aliphatic heterocycles. The van der Waals surface area contributed by atoms with Gasteiger partial charge in [-0.3, -0.25) is 0 Å². The van der Waals surface area contributed by atoms with Crippen molar-refractivity contribution >= 4 is 0 Å². The summed E-state index contributed by atoms with van der Waals surface area (Å²) in [5, 5.41) is 3.27. The maximum absolute atomic E-state index is 5.40. The van der Waals surface area contributed by atoms with Gasteiger partial charge in [0.25, 0.3) is 0 Å². The molecule has 0 amide bonds. The Kier molecular flexibility index (Phi) is 2.72. The van der Waals surface area contributed by atoms with E-state index in [0.717, 1.165) is 35.9 Å². The molecule has 4 nitrogen and oxygen atoms in total. The zero-order valence-corrected chi connectivity index (χ0v) is 10.5. The first-order chi connectivity index (χ1) is 8.78. The van der Waals surface area contributed by atoms with E-state index in [0.29, 0.717) is 0 Å². The molecule has 3 rings (SSSR count). The summed E-state index contributed by atoms with van der Waals surface area (Å²) in [7, 11) is 1.67. The highest BCUT2D eigenvalue weighted by atomic mass is 16.5. The van der Waals surface area contributed by atoms with Gasteiger partial charge in [0.05, 0.1) is 18.4 Å². The van der Waals surface area contributed by atoms with E-state index in [4.69, 9.17) is 4.74 Å². The summed E-state index contributed by atoms with van der Waals surface area (Å²) in [6.45, 7) is 3.72. The number of hydrogen-bond donors (Lipinski definition) is 1. The average molecular weight is 241 g/mol. The van der Waals surface area contributed by atoms with Crippen molar-refractivity contribution in [1.82, 2.24) is 15.3 Å². The van der Waals surface area contributed by atoms with Crippen LogP contribution in [0.3, 0.4) is 0 Å². The molecule has 18 heavy (non-hydrogen) atoms. The van der Waals surface area contributed by atoms with Crippen molar-refractivity contribution < 1.29 is 4.74 Å². The van der Waals surface area contributed by atoms with E-state index >= 15 is 0 Å². The number of aryl methyl sites for hydroxylation is 1. The van der Waals surface area contributed by atoms with Crippen LogP contribution in [0.25, 0.3) is 11.4 Å². The highest BCUT2D eigenvalue weighted by Crippen LogP contribution is 2.29. The molecule has 0 unspecified atom stereocenters. The molecule has 1 aromatic carbocycles. The fraction of sp³-hybridized carbons (Fsp3) is 0.286. The monoisotopic (exact) mass is 241 g/mol. The van der Waals surface area contributed by atoms with Crippen molar-refractivity contribution in [3.8, 4) is 17.1 Å². The molecular weight excluding hydrogens is 226 g/mol. The van der Waals surface area contributed by atoms with Crippen molar-refractivity contribution in [3.63, 3.8) is 0 Å². The Morgan fingerprint density at radius 3 is 3.00 bits per heavy atom. The van der Waals surface area contributed by atoms with Crippen LogP contribution in [-0.2, 0) is 13.1 Å². The minimum Gasteiger partial charge on any atom is -0.496 e. The lowest BCUT2D eigenvalue weighted by atomic mass is 10.1. The van der Waals surface area contributed by atoms with Crippen molar-refractivity contribution in [2.24, 2.45) is 0 Å². The van der Waals surface area contributed by atoms with Crippen LogP contribution < -0.4 is 10.1 Å². The van der Waals surface area contributed by atoms with E-state index in [1.54, 1.807) is 7.11 Å². The molecule has 92 valence electrons. The molecular formula is C14H15N3O. The highest BCUT2D eigenvalue weighted by molar-refractivity contribution is 5.65. The maximum atomic E-state index is 5.40. The molecule has 2 heterocycles. The van der Waals surface area contributed by atoms with Crippen molar-refractivity contribution in [1.29, 1.82) is 0 Å². The molecule has 0 aliphatic carbocycles. The molecule has 0 saturated heterocycles. The number of nitrogens with one attached hydrogen (secondary N) is 1. The fourth-order valence-electron chi connectivity index (χ4n) is 2.17. The van der Waals surface area contributed by atoms with Gasteiger partial charge in [-0.1, -0.05) is 6.07 Å². The third-order valence-corrected chi connectivity index (χ3v) is 3.16. The second-order valence-electron chi connectivity index (χ2n) is 4.47. The summed E-state index contributed by atoms with van der Waals surface area (Å²) in [6.07, 6.45) is 1.90. The van der Waals surface area contributed by atoms with Crippen molar-refractivity contribution in [2.45, 2.75) is 20.0 Å². The Labute approximate surface area is 106 Å². The molecule has 0 fully saturated rings. The van der Waals surface area contributed by atoms with Gasteiger partial charge in [0.15, 0.2) is 5.82 Å². The summed E-state index contributed by atoms with van der Waals surface area (Å²) >= 11 is 0. The van der Waals surface area contributed by atoms with E-state index in [2.05, 4.69) is 15.3 Å². The topological polar surface area (TPSA) is 47.0 Å². The molecule has 4 heteroatoms. The minimum atomic E-state index is 0.731. The quantitative estimate of drug-likeness (QED) is 0.874. The highest BCUT2D eigenvalue weighted by Gasteiger charge is 2.15. The number of fused-ring (bicyclic) bond motifs is 1. The summed E-state index contributed by atoms with van der Waals surface area (Å²) in [4.78, 5) is 9.04. The van der Waals surface area contributed by atoms with Gasteiger partial charge in [0.2, 0.25) is 0 Å². The van der Waals surface area contributed by atoms with Crippen LogP contribution in [0.1, 0.15) is 16.8 Å². The summed E-state index contributed by atoms with van der Waals surface area (Å²) in [6, 6.07) is 6.06. The number of hydrogen-bond acceptors (Lipinski definition) is 4. The molecule has 0 radical (unpaired) electrons. The van der Waals surface area contributed by atoms with Crippen LogP contribution in [0.15, 0.2) is 24.4 Å². The smallest absolute Gasteiger partial charge is 0.163 e.